The molecule has 1 aliphatic rings. The summed E-state index contributed by atoms with van der Waals surface area (Å²) in [6.45, 7) is 3.76. The van der Waals surface area contributed by atoms with Crippen LogP contribution in [0.4, 0.5) is 5.13 Å². The standard InChI is InChI=1S/C20H20ClN3O2S/c1-13-4-7-22-11-15(13)12-24(19(25)14-5-8-26-9-6-14)20-23-17-3-2-16(21)10-18(17)27-20/h2-4,7,10-11,14H,5-6,8-9,12H2,1H3. The van der Waals surface area contributed by atoms with Crippen molar-refractivity contribution in [1.29, 1.82) is 0 Å². The fourth-order valence-electron chi connectivity index (χ4n) is 3.24. The molecule has 0 aliphatic carbocycles. The zero-order valence-electron chi connectivity index (χ0n) is 15.0. The van der Waals surface area contributed by atoms with Crippen molar-refractivity contribution in [3.63, 3.8) is 0 Å². The Balaban J connectivity index is 1.71. The fraction of sp³-hybridized carbons (Fsp3) is 0.350. The van der Waals surface area contributed by atoms with E-state index in [2.05, 4.69) is 4.98 Å². The SMILES string of the molecule is Cc1ccncc1CN(C(=O)C1CCOCC1)c1nc2ccc(Cl)cc2s1. The third kappa shape index (κ3) is 3.98. The first-order chi connectivity index (χ1) is 13.1. The molecule has 0 saturated carbocycles. The molecule has 3 aromatic rings. The number of pyridine rings is 1. The maximum Gasteiger partial charge on any atom is 0.232 e. The number of hydrogen-bond donors (Lipinski definition) is 0. The van der Waals surface area contributed by atoms with Crippen LogP contribution in [0.2, 0.25) is 5.02 Å². The van der Waals surface area contributed by atoms with Crippen LogP contribution in [0.25, 0.3) is 10.2 Å². The summed E-state index contributed by atoms with van der Waals surface area (Å²) in [5, 5.41) is 1.37. The zero-order valence-corrected chi connectivity index (χ0v) is 16.6. The van der Waals surface area contributed by atoms with Gasteiger partial charge in [0, 0.05) is 36.5 Å². The summed E-state index contributed by atoms with van der Waals surface area (Å²) >= 11 is 7.61. The lowest BCUT2D eigenvalue weighted by Crippen LogP contribution is -2.38. The quantitative estimate of drug-likeness (QED) is 0.640. The Hall–Kier alpha value is -2.02. The van der Waals surface area contributed by atoms with E-state index in [1.54, 1.807) is 11.1 Å². The molecular formula is C20H20ClN3O2S. The lowest BCUT2D eigenvalue weighted by Gasteiger charge is -2.28. The molecule has 0 N–H and O–H groups in total. The Morgan fingerprint density at radius 3 is 2.93 bits per heavy atom. The molecule has 1 saturated heterocycles. The normalized spacial score (nSPS) is 15.2. The van der Waals surface area contributed by atoms with E-state index in [0.717, 1.165) is 34.2 Å². The summed E-state index contributed by atoms with van der Waals surface area (Å²) in [5.74, 6) is 0.0676. The van der Waals surface area contributed by atoms with Crippen molar-refractivity contribution in [1.82, 2.24) is 9.97 Å². The Labute approximate surface area is 167 Å². The van der Waals surface area contributed by atoms with E-state index in [0.29, 0.717) is 29.9 Å². The summed E-state index contributed by atoms with van der Waals surface area (Å²) in [6, 6.07) is 7.57. The molecule has 3 heterocycles. The zero-order chi connectivity index (χ0) is 18.8. The highest BCUT2D eigenvalue weighted by molar-refractivity contribution is 7.22. The molecular weight excluding hydrogens is 382 g/mol. The van der Waals surface area contributed by atoms with E-state index >= 15 is 0 Å². The Morgan fingerprint density at radius 2 is 2.15 bits per heavy atom. The van der Waals surface area contributed by atoms with E-state index in [9.17, 15) is 4.79 Å². The predicted octanol–water partition coefficient (Wildman–Crippen LogP) is 4.61. The first kappa shape index (κ1) is 18.3. The molecule has 1 fully saturated rings. The van der Waals surface area contributed by atoms with Crippen molar-refractivity contribution in [3.05, 3.63) is 52.8 Å². The topological polar surface area (TPSA) is 55.3 Å². The van der Waals surface area contributed by atoms with E-state index in [4.69, 9.17) is 21.3 Å². The number of carbonyl (C=O) groups is 1. The Morgan fingerprint density at radius 1 is 1.33 bits per heavy atom. The van der Waals surface area contributed by atoms with Crippen molar-refractivity contribution in [3.8, 4) is 0 Å². The van der Waals surface area contributed by atoms with Gasteiger partial charge in [0.05, 0.1) is 16.8 Å². The molecule has 0 radical (unpaired) electrons. The third-order valence-corrected chi connectivity index (χ3v) is 6.16. The van der Waals surface area contributed by atoms with Crippen LogP contribution < -0.4 is 4.90 Å². The van der Waals surface area contributed by atoms with Gasteiger partial charge in [0.25, 0.3) is 0 Å². The molecule has 7 heteroatoms. The van der Waals surface area contributed by atoms with Gasteiger partial charge in [-0.25, -0.2) is 4.98 Å². The molecule has 1 amide bonds. The molecule has 27 heavy (non-hydrogen) atoms. The highest BCUT2D eigenvalue weighted by Gasteiger charge is 2.29. The summed E-state index contributed by atoms with van der Waals surface area (Å²) < 4.78 is 6.40. The van der Waals surface area contributed by atoms with Crippen molar-refractivity contribution >= 4 is 44.2 Å². The van der Waals surface area contributed by atoms with Gasteiger partial charge in [0.15, 0.2) is 5.13 Å². The van der Waals surface area contributed by atoms with Crippen LogP contribution in [0.15, 0.2) is 36.7 Å². The van der Waals surface area contributed by atoms with Gasteiger partial charge in [-0.15, -0.1) is 0 Å². The number of amides is 1. The van der Waals surface area contributed by atoms with Gasteiger partial charge in [-0.05, 0) is 55.2 Å². The largest absolute Gasteiger partial charge is 0.381 e. The summed E-state index contributed by atoms with van der Waals surface area (Å²) in [6.07, 6.45) is 5.09. The maximum absolute atomic E-state index is 13.3. The van der Waals surface area contributed by atoms with Gasteiger partial charge < -0.3 is 4.74 Å². The number of fused-ring (bicyclic) bond motifs is 1. The molecule has 0 atom stereocenters. The summed E-state index contributed by atoms with van der Waals surface area (Å²) in [7, 11) is 0. The number of anilines is 1. The van der Waals surface area contributed by atoms with Crippen LogP contribution in [-0.2, 0) is 16.1 Å². The molecule has 0 bridgehead atoms. The minimum atomic E-state index is -0.0358. The number of aryl methyl sites for hydroxylation is 1. The number of benzene rings is 1. The van der Waals surface area contributed by atoms with Crippen molar-refractivity contribution in [2.45, 2.75) is 26.3 Å². The van der Waals surface area contributed by atoms with E-state index in [1.807, 2.05) is 37.4 Å². The van der Waals surface area contributed by atoms with Gasteiger partial charge >= 0.3 is 0 Å². The smallest absolute Gasteiger partial charge is 0.232 e. The van der Waals surface area contributed by atoms with Crippen LogP contribution in [0.5, 0.6) is 0 Å². The molecule has 140 valence electrons. The minimum absolute atomic E-state index is 0.0358. The number of aromatic nitrogens is 2. The van der Waals surface area contributed by atoms with Gasteiger partial charge in [0.2, 0.25) is 5.91 Å². The van der Waals surface area contributed by atoms with Crippen molar-refractivity contribution < 1.29 is 9.53 Å². The van der Waals surface area contributed by atoms with Gasteiger partial charge in [-0.2, -0.15) is 0 Å². The first-order valence-electron chi connectivity index (χ1n) is 8.96. The lowest BCUT2D eigenvalue weighted by molar-refractivity contribution is -0.125. The minimum Gasteiger partial charge on any atom is -0.381 e. The Bertz CT molecular complexity index is 969. The highest BCUT2D eigenvalue weighted by Crippen LogP contribution is 2.33. The second-order valence-corrected chi connectivity index (χ2v) is 8.17. The highest BCUT2D eigenvalue weighted by atomic mass is 35.5. The molecule has 1 aromatic carbocycles. The fourth-order valence-corrected chi connectivity index (χ4v) is 4.49. The monoisotopic (exact) mass is 401 g/mol. The number of halogens is 1. The van der Waals surface area contributed by atoms with Gasteiger partial charge in [-0.1, -0.05) is 22.9 Å². The number of nitrogens with zero attached hydrogens (tertiary/aromatic N) is 3. The van der Waals surface area contributed by atoms with Gasteiger partial charge in [0.1, 0.15) is 0 Å². The van der Waals surface area contributed by atoms with E-state index in [-0.39, 0.29) is 11.8 Å². The van der Waals surface area contributed by atoms with Crippen LogP contribution in [0, 0.1) is 12.8 Å². The molecule has 5 nitrogen and oxygen atoms in total. The number of thiazole rings is 1. The summed E-state index contributed by atoms with van der Waals surface area (Å²) in [5.41, 5.74) is 2.99. The molecule has 4 rings (SSSR count). The average molecular weight is 402 g/mol. The molecule has 1 aliphatic heterocycles. The number of ether oxygens (including phenoxy) is 1. The number of rotatable bonds is 4. The lowest BCUT2D eigenvalue weighted by atomic mass is 9.98. The van der Waals surface area contributed by atoms with E-state index < -0.39 is 0 Å². The van der Waals surface area contributed by atoms with Crippen molar-refractivity contribution in [2.24, 2.45) is 5.92 Å². The summed E-state index contributed by atoms with van der Waals surface area (Å²) in [4.78, 5) is 24.1. The maximum atomic E-state index is 13.3. The van der Waals surface area contributed by atoms with Crippen LogP contribution in [0.3, 0.4) is 0 Å². The number of carbonyl (C=O) groups excluding carboxylic acids is 1. The van der Waals surface area contributed by atoms with Gasteiger partial charge in [-0.3, -0.25) is 14.7 Å². The number of hydrogen-bond acceptors (Lipinski definition) is 5. The predicted molar refractivity (Wildman–Crippen MR) is 108 cm³/mol. The second-order valence-electron chi connectivity index (χ2n) is 6.72. The third-order valence-electron chi connectivity index (χ3n) is 4.88. The molecule has 2 aromatic heterocycles. The van der Waals surface area contributed by atoms with Crippen LogP contribution in [0.1, 0.15) is 24.0 Å². The second kappa shape index (κ2) is 7.92. The van der Waals surface area contributed by atoms with Crippen LogP contribution in [-0.4, -0.2) is 29.1 Å². The molecule has 0 unspecified atom stereocenters. The Kier molecular flexibility index (Phi) is 5.38. The van der Waals surface area contributed by atoms with Crippen molar-refractivity contribution in [2.75, 3.05) is 18.1 Å². The first-order valence-corrected chi connectivity index (χ1v) is 10.2. The average Bonchev–Trinajstić information content (AvgIpc) is 3.10. The molecule has 0 spiro atoms. The van der Waals surface area contributed by atoms with E-state index in [1.165, 1.54) is 11.3 Å². The van der Waals surface area contributed by atoms with Crippen LogP contribution >= 0.6 is 22.9 Å².